The maximum atomic E-state index is 5.48. The third-order valence-electron chi connectivity index (χ3n) is 2.21. The molecule has 0 radical (unpaired) electrons. The van der Waals surface area contributed by atoms with E-state index in [1.807, 2.05) is 31.2 Å². The molecule has 1 nitrogen and oxygen atoms in total. The maximum Gasteiger partial charge on any atom is 0.149 e. The summed E-state index contributed by atoms with van der Waals surface area (Å²) in [4.78, 5) is 0. The van der Waals surface area contributed by atoms with E-state index in [4.69, 9.17) is 4.74 Å². The molecule has 74 valence electrons. The predicted octanol–water partition coefficient (Wildman–Crippen LogP) is 3.24. The van der Waals surface area contributed by atoms with E-state index in [0.717, 1.165) is 5.75 Å². The van der Waals surface area contributed by atoms with Gasteiger partial charge in [0, 0.05) is 0 Å². The van der Waals surface area contributed by atoms with Gasteiger partial charge in [0.1, 0.15) is 12.4 Å². The van der Waals surface area contributed by atoms with E-state index in [9.17, 15) is 0 Å². The van der Waals surface area contributed by atoms with Gasteiger partial charge in [-0.15, -0.1) is 5.92 Å². The molecular weight excluding hydrogens is 184 g/mol. The Bertz CT molecular complexity index is 517. The molecule has 15 heavy (non-hydrogen) atoms. The summed E-state index contributed by atoms with van der Waals surface area (Å²) < 4.78 is 5.48. The first-order valence-electron chi connectivity index (χ1n) is 4.91. The van der Waals surface area contributed by atoms with Crippen molar-refractivity contribution >= 4 is 10.8 Å². The minimum absolute atomic E-state index is 0.453. The summed E-state index contributed by atoms with van der Waals surface area (Å²) in [5.41, 5.74) is 0. The highest BCUT2D eigenvalue weighted by Crippen LogP contribution is 2.20. The molecule has 0 aromatic heterocycles. The van der Waals surface area contributed by atoms with Crippen LogP contribution in [0.4, 0.5) is 0 Å². The van der Waals surface area contributed by atoms with Crippen LogP contribution in [0.2, 0.25) is 0 Å². The fourth-order valence-corrected chi connectivity index (χ4v) is 1.45. The third kappa shape index (κ3) is 2.30. The number of fused-ring (bicyclic) bond motifs is 1. The molecule has 0 fully saturated rings. The van der Waals surface area contributed by atoms with Crippen molar-refractivity contribution in [1.29, 1.82) is 0 Å². The van der Waals surface area contributed by atoms with Crippen LogP contribution in [0.25, 0.3) is 10.8 Å². The van der Waals surface area contributed by atoms with E-state index in [1.54, 1.807) is 0 Å². The third-order valence-corrected chi connectivity index (χ3v) is 2.21. The van der Waals surface area contributed by atoms with Gasteiger partial charge in [-0.3, -0.25) is 0 Å². The topological polar surface area (TPSA) is 9.23 Å². The van der Waals surface area contributed by atoms with Gasteiger partial charge in [0.2, 0.25) is 0 Å². The second kappa shape index (κ2) is 4.52. The van der Waals surface area contributed by atoms with Crippen LogP contribution >= 0.6 is 0 Å². The highest BCUT2D eigenvalue weighted by Gasteiger charge is 1.95. The molecule has 0 unspecified atom stereocenters. The van der Waals surface area contributed by atoms with Gasteiger partial charge in [0.25, 0.3) is 0 Å². The minimum atomic E-state index is 0.453. The van der Waals surface area contributed by atoms with Crippen LogP contribution in [0.15, 0.2) is 42.5 Å². The fraction of sp³-hybridized carbons (Fsp3) is 0.143. The second-order valence-electron chi connectivity index (χ2n) is 3.22. The van der Waals surface area contributed by atoms with E-state index in [1.165, 1.54) is 10.8 Å². The van der Waals surface area contributed by atoms with Gasteiger partial charge in [-0.05, 0) is 29.8 Å². The molecule has 0 heterocycles. The molecule has 0 atom stereocenters. The largest absolute Gasteiger partial charge is 0.481 e. The quantitative estimate of drug-likeness (QED) is 0.670. The van der Waals surface area contributed by atoms with Crippen LogP contribution < -0.4 is 4.74 Å². The van der Waals surface area contributed by atoms with Gasteiger partial charge in [-0.2, -0.15) is 0 Å². The van der Waals surface area contributed by atoms with Crippen molar-refractivity contribution in [3.63, 3.8) is 0 Å². The Labute approximate surface area is 89.7 Å². The lowest BCUT2D eigenvalue weighted by Crippen LogP contribution is -1.93. The van der Waals surface area contributed by atoms with Gasteiger partial charge in [0.15, 0.2) is 0 Å². The van der Waals surface area contributed by atoms with Gasteiger partial charge in [0.05, 0.1) is 0 Å². The standard InChI is InChI=1S/C14H12O/c1-2-3-10-15-14-9-8-12-6-4-5-7-13(12)11-14/h4-9,11H,10H2,1H3. The van der Waals surface area contributed by atoms with Crippen LogP contribution in [0.1, 0.15) is 6.92 Å². The molecular formula is C14H12O. The number of benzene rings is 2. The molecule has 0 spiro atoms. The maximum absolute atomic E-state index is 5.48. The molecule has 0 aliphatic carbocycles. The van der Waals surface area contributed by atoms with Crippen molar-refractivity contribution in [3.8, 4) is 17.6 Å². The van der Waals surface area contributed by atoms with Crippen LogP contribution in [0.5, 0.6) is 5.75 Å². The van der Waals surface area contributed by atoms with Gasteiger partial charge >= 0.3 is 0 Å². The molecule has 0 aliphatic rings. The molecule has 2 rings (SSSR count). The fourth-order valence-electron chi connectivity index (χ4n) is 1.45. The molecule has 2 aromatic carbocycles. The Hall–Kier alpha value is -1.94. The van der Waals surface area contributed by atoms with Crippen molar-refractivity contribution in [2.75, 3.05) is 6.61 Å². The lowest BCUT2D eigenvalue weighted by molar-refractivity contribution is 0.371. The molecule has 0 N–H and O–H groups in total. The molecule has 0 bridgehead atoms. The van der Waals surface area contributed by atoms with E-state index in [0.29, 0.717) is 6.61 Å². The Morgan fingerprint density at radius 2 is 1.87 bits per heavy atom. The van der Waals surface area contributed by atoms with E-state index < -0.39 is 0 Å². The van der Waals surface area contributed by atoms with Crippen LogP contribution in [0.3, 0.4) is 0 Å². The van der Waals surface area contributed by atoms with E-state index in [-0.39, 0.29) is 0 Å². The summed E-state index contributed by atoms with van der Waals surface area (Å²) in [6, 6.07) is 14.3. The normalized spacial score (nSPS) is 9.40. The van der Waals surface area contributed by atoms with E-state index >= 15 is 0 Å². The molecule has 0 saturated carbocycles. The van der Waals surface area contributed by atoms with Crippen LogP contribution in [-0.2, 0) is 0 Å². The smallest absolute Gasteiger partial charge is 0.149 e. The molecule has 0 saturated heterocycles. The van der Waals surface area contributed by atoms with Crippen molar-refractivity contribution in [3.05, 3.63) is 42.5 Å². The van der Waals surface area contributed by atoms with Gasteiger partial charge < -0.3 is 4.74 Å². The average Bonchev–Trinajstić information content (AvgIpc) is 2.29. The molecule has 1 heteroatoms. The summed E-state index contributed by atoms with van der Waals surface area (Å²) >= 11 is 0. The van der Waals surface area contributed by atoms with Crippen molar-refractivity contribution < 1.29 is 4.74 Å². The summed E-state index contributed by atoms with van der Waals surface area (Å²) in [6.07, 6.45) is 0. The zero-order valence-corrected chi connectivity index (χ0v) is 8.66. The summed E-state index contributed by atoms with van der Waals surface area (Å²) in [5, 5.41) is 2.42. The zero-order chi connectivity index (χ0) is 10.5. The zero-order valence-electron chi connectivity index (χ0n) is 8.66. The average molecular weight is 196 g/mol. The van der Waals surface area contributed by atoms with Crippen molar-refractivity contribution in [2.45, 2.75) is 6.92 Å². The lowest BCUT2D eigenvalue weighted by Gasteiger charge is -2.03. The molecule has 0 amide bonds. The van der Waals surface area contributed by atoms with E-state index in [2.05, 4.69) is 30.0 Å². The summed E-state index contributed by atoms with van der Waals surface area (Å²) in [6.45, 7) is 2.26. The lowest BCUT2D eigenvalue weighted by atomic mass is 10.1. The number of hydrogen-bond acceptors (Lipinski definition) is 1. The Morgan fingerprint density at radius 1 is 1.07 bits per heavy atom. The Balaban J connectivity index is 2.25. The number of ether oxygens (including phenoxy) is 1. The SMILES string of the molecule is CC#CCOc1ccc2ccccc2c1. The minimum Gasteiger partial charge on any atom is -0.481 e. The summed E-state index contributed by atoms with van der Waals surface area (Å²) in [5.74, 6) is 6.54. The van der Waals surface area contributed by atoms with Crippen molar-refractivity contribution in [1.82, 2.24) is 0 Å². The number of rotatable bonds is 2. The highest BCUT2D eigenvalue weighted by atomic mass is 16.5. The summed E-state index contributed by atoms with van der Waals surface area (Å²) in [7, 11) is 0. The first kappa shape index (κ1) is 9.61. The molecule has 2 aromatic rings. The predicted molar refractivity (Wildman–Crippen MR) is 62.9 cm³/mol. The second-order valence-corrected chi connectivity index (χ2v) is 3.22. The first-order chi connectivity index (χ1) is 7.40. The van der Waals surface area contributed by atoms with Crippen LogP contribution in [0, 0.1) is 11.8 Å². The monoisotopic (exact) mass is 196 g/mol. The van der Waals surface area contributed by atoms with Gasteiger partial charge in [-0.25, -0.2) is 0 Å². The highest BCUT2D eigenvalue weighted by molar-refractivity contribution is 5.83. The molecule has 0 aliphatic heterocycles. The number of hydrogen-bond donors (Lipinski definition) is 0. The van der Waals surface area contributed by atoms with Crippen molar-refractivity contribution in [2.24, 2.45) is 0 Å². The Morgan fingerprint density at radius 3 is 2.67 bits per heavy atom. The van der Waals surface area contributed by atoms with Crippen LogP contribution in [-0.4, -0.2) is 6.61 Å². The Kier molecular flexibility index (Phi) is 2.90. The first-order valence-corrected chi connectivity index (χ1v) is 4.91. The van der Waals surface area contributed by atoms with Gasteiger partial charge in [-0.1, -0.05) is 36.3 Å².